The summed E-state index contributed by atoms with van der Waals surface area (Å²) in [4.78, 5) is 32.7. The summed E-state index contributed by atoms with van der Waals surface area (Å²) in [6.45, 7) is 2.96. The van der Waals surface area contributed by atoms with Crippen molar-refractivity contribution in [2.75, 3.05) is 25.6 Å². The molecule has 3 aromatic rings. The van der Waals surface area contributed by atoms with Crippen LogP contribution >= 0.6 is 24.0 Å². The molecule has 31 heavy (non-hydrogen) atoms. The van der Waals surface area contributed by atoms with E-state index in [4.69, 9.17) is 21.4 Å². The maximum absolute atomic E-state index is 13.3. The Bertz CT molecular complexity index is 1230. The quantitative estimate of drug-likeness (QED) is 0.429. The number of fused-ring (bicyclic) bond motifs is 1. The molecule has 0 aliphatic carbocycles. The van der Waals surface area contributed by atoms with Crippen LogP contribution in [0.1, 0.15) is 16.9 Å². The summed E-state index contributed by atoms with van der Waals surface area (Å²) in [7, 11) is 1.56. The van der Waals surface area contributed by atoms with Gasteiger partial charge in [-0.3, -0.25) is 18.9 Å². The molecule has 0 saturated carbocycles. The summed E-state index contributed by atoms with van der Waals surface area (Å²) < 4.78 is 12.3. The molecule has 0 atom stereocenters. The van der Waals surface area contributed by atoms with Crippen LogP contribution in [0.4, 0.5) is 5.82 Å². The summed E-state index contributed by atoms with van der Waals surface area (Å²) >= 11 is 6.49. The van der Waals surface area contributed by atoms with E-state index < -0.39 is 0 Å². The first kappa shape index (κ1) is 21.3. The topological polar surface area (TPSA) is 89.1 Å². The molecule has 0 aromatic carbocycles. The van der Waals surface area contributed by atoms with Crippen LogP contribution in [-0.2, 0) is 16.1 Å². The number of anilines is 1. The molecule has 1 aliphatic rings. The third-order valence-electron chi connectivity index (χ3n) is 4.76. The lowest BCUT2D eigenvalue weighted by molar-refractivity contribution is -0.122. The number of carbonyl (C=O) groups is 1. The van der Waals surface area contributed by atoms with Crippen LogP contribution < -0.4 is 10.9 Å². The van der Waals surface area contributed by atoms with Crippen LogP contribution in [0.15, 0.2) is 50.8 Å². The van der Waals surface area contributed by atoms with Crippen molar-refractivity contribution in [3.63, 3.8) is 0 Å². The number of aromatic nitrogens is 2. The number of thioether (sulfide) groups is 1. The van der Waals surface area contributed by atoms with E-state index in [1.54, 1.807) is 37.8 Å². The van der Waals surface area contributed by atoms with E-state index >= 15 is 0 Å². The second-order valence-electron chi connectivity index (χ2n) is 6.82. The molecule has 1 aliphatic heterocycles. The van der Waals surface area contributed by atoms with Gasteiger partial charge in [0.05, 0.1) is 36.4 Å². The zero-order valence-corrected chi connectivity index (χ0v) is 18.6. The minimum absolute atomic E-state index is 0.252. The Labute approximate surface area is 187 Å². The van der Waals surface area contributed by atoms with Gasteiger partial charge in [0.1, 0.15) is 21.5 Å². The maximum Gasteiger partial charge on any atom is 0.267 e. The smallest absolute Gasteiger partial charge is 0.267 e. The Morgan fingerprint density at radius 1 is 1.32 bits per heavy atom. The first-order valence-electron chi connectivity index (χ1n) is 9.52. The highest BCUT2D eigenvalue weighted by atomic mass is 32.2. The molecule has 160 valence electrons. The van der Waals surface area contributed by atoms with E-state index in [-0.39, 0.29) is 17.0 Å². The molecule has 0 spiro atoms. The molecular weight excluding hydrogens is 436 g/mol. The number of furan rings is 1. The normalized spacial score (nSPS) is 15.4. The molecule has 0 bridgehead atoms. The van der Waals surface area contributed by atoms with Crippen molar-refractivity contribution >= 4 is 51.7 Å². The van der Waals surface area contributed by atoms with Crippen molar-refractivity contribution in [2.24, 2.45) is 0 Å². The van der Waals surface area contributed by atoms with E-state index in [2.05, 4.69) is 10.3 Å². The molecule has 1 saturated heterocycles. The van der Waals surface area contributed by atoms with E-state index in [0.717, 1.165) is 17.3 Å². The molecule has 8 nitrogen and oxygen atoms in total. The molecule has 3 aromatic heterocycles. The van der Waals surface area contributed by atoms with Crippen molar-refractivity contribution in [3.05, 3.63) is 68.9 Å². The van der Waals surface area contributed by atoms with Gasteiger partial charge >= 0.3 is 0 Å². The summed E-state index contributed by atoms with van der Waals surface area (Å²) in [6, 6.07) is 7.29. The van der Waals surface area contributed by atoms with Gasteiger partial charge in [0.25, 0.3) is 11.5 Å². The molecule has 0 radical (unpaired) electrons. The van der Waals surface area contributed by atoms with Gasteiger partial charge in [0, 0.05) is 13.3 Å². The predicted molar refractivity (Wildman–Crippen MR) is 124 cm³/mol. The van der Waals surface area contributed by atoms with Crippen LogP contribution in [0.2, 0.25) is 0 Å². The van der Waals surface area contributed by atoms with Gasteiger partial charge in [-0.1, -0.05) is 30.0 Å². The summed E-state index contributed by atoms with van der Waals surface area (Å²) in [5.74, 6) is 0.819. The fourth-order valence-electron chi connectivity index (χ4n) is 3.17. The van der Waals surface area contributed by atoms with Gasteiger partial charge in [-0.15, -0.1) is 0 Å². The number of thiocarbonyl (C=S) groups is 1. The zero-order valence-electron chi connectivity index (χ0n) is 17.0. The van der Waals surface area contributed by atoms with Crippen LogP contribution in [-0.4, -0.2) is 44.8 Å². The van der Waals surface area contributed by atoms with Crippen LogP contribution in [0.3, 0.4) is 0 Å². The number of pyridine rings is 1. The highest BCUT2D eigenvalue weighted by molar-refractivity contribution is 8.26. The van der Waals surface area contributed by atoms with Crippen molar-refractivity contribution in [2.45, 2.75) is 13.5 Å². The minimum Gasteiger partial charge on any atom is -0.467 e. The van der Waals surface area contributed by atoms with Gasteiger partial charge in [-0.05, 0) is 36.8 Å². The highest BCUT2D eigenvalue weighted by Gasteiger charge is 2.32. The fourth-order valence-corrected chi connectivity index (χ4v) is 4.46. The SMILES string of the molecule is COCCN1C(=O)/C(=C\c2c(NCc3ccco3)nc3c(C)cccn3c2=O)SC1=S. The Hall–Kier alpha value is -2.95. The second-order valence-corrected chi connectivity index (χ2v) is 8.50. The lowest BCUT2D eigenvalue weighted by Gasteiger charge is -2.13. The van der Waals surface area contributed by atoms with Crippen LogP contribution in [0.5, 0.6) is 0 Å². The van der Waals surface area contributed by atoms with Gasteiger partial charge in [-0.25, -0.2) is 4.98 Å². The highest BCUT2D eigenvalue weighted by Crippen LogP contribution is 2.33. The van der Waals surface area contributed by atoms with E-state index in [1.165, 1.54) is 9.30 Å². The molecule has 10 heteroatoms. The molecule has 0 unspecified atom stereocenters. The molecule has 4 rings (SSSR count). The van der Waals surface area contributed by atoms with Crippen molar-refractivity contribution < 1.29 is 13.9 Å². The van der Waals surface area contributed by atoms with Crippen molar-refractivity contribution in [1.29, 1.82) is 0 Å². The Kier molecular flexibility index (Phi) is 6.21. The third kappa shape index (κ3) is 4.27. The molecular formula is C21H20N4O4S2. The number of hydrogen-bond donors (Lipinski definition) is 1. The van der Waals surface area contributed by atoms with Crippen LogP contribution in [0, 0.1) is 6.92 Å². The number of carbonyl (C=O) groups excluding carboxylic acids is 1. The van der Waals surface area contributed by atoms with Gasteiger partial charge in [0.15, 0.2) is 0 Å². The average molecular weight is 457 g/mol. The third-order valence-corrected chi connectivity index (χ3v) is 6.14. The first-order chi connectivity index (χ1) is 15.0. The first-order valence-corrected chi connectivity index (χ1v) is 10.7. The predicted octanol–water partition coefficient (Wildman–Crippen LogP) is 3.06. The molecule has 1 amide bonds. The second kappa shape index (κ2) is 9.04. The fraction of sp³-hybridized carbons (Fsp3) is 0.238. The van der Waals surface area contributed by atoms with Gasteiger partial charge < -0.3 is 14.5 Å². The molecule has 1 N–H and O–H groups in total. The number of nitrogens with zero attached hydrogens (tertiary/aromatic N) is 3. The number of amides is 1. The summed E-state index contributed by atoms with van der Waals surface area (Å²) in [6.07, 6.45) is 4.80. The Balaban J connectivity index is 1.78. The maximum atomic E-state index is 13.3. The average Bonchev–Trinajstić information content (AvgIpc) is 3.36. The van der Waals surface area contributed by atoms with E-state index in [1.807, 2.05) is 19.1 Å². The summed E-state index contributed by atoms with van der Waals surface area (Å²) in [5, 5.41) is 3.17. The van der Waals surface area contributed by atoms with Gasteiger partial charge in [0.2, 0.25) is 0 Å². The number of rotatable bonds is 7. The van der Waals surface area contributed by atoms with Gasteiger partial charge in [-0.2, -0.15) is 0 Å². The van der Waals surface area contributed by atoms with E-state index in [9.17, 15) is 9.59 Å². The number of aryl methyl sites for hydroxylation is 1. The van der Waals surface area contributed by atoms with Crippen molar-refractivity contribution in [3.8, 4) is 0 Å². The molecule has 1 fully saturated rings. The van der Waals surface area contributed by atoms with E-state index in [0.29, 0.717) is 46.1 Å². The van der Waals surface area contributed by atoms with Crippen LogP contribution in [0.25, 0.3) is 11.7 Å². The largest absolute Gasteiger partial charge is 0.467 e. The number of methoxy groups -OCH3 is 1. The lowest BCUT2D eigenvalue weighted by atomic mass is 10.2. The number of ether oxygens (including phenoxy) is 1. The minimum atomic E-state index is -0.280. The number of nitrogens with one attached hydrogen (secondary N) is 1. The Morgan fingerprint density at radius 3 is 2.90 bits per heavy atom. The number of hydrogen-bond acceptors (Lipinski definition) is 8. The standard InChI is InChI=1S/C21H20N4O4S2/c1-13-5-3-7-24-18(13)23-17(22-12-14-6-4-9-29-14)15(19(24)26)11-16-20(27)25(8-10-28-2)21(30)31-16/h3-7,9,11,22H,8,10,12H2,1-2H3/b16-11+. The van der Waals surface area contributed by atoms with Crippen molar-refractivity contribution in [1.82, 2.24) is 14.3 Å². The molecule has 4 heterocycles. The lowest BCUT2D eigenvalue weighted by Crippen LogP contribution is -2.31. The monoisotopic (exact) mass is 456 g/mol. The Morgan fingerprint density at radius 2 is 2.16 bits per heavy atom. The summed E-state index contributed by atoms with van der Waals surface area (Å²) in [5.41, 5.74) is 1.40. The zero-order chi connectivity index (χ0) is 22.0.